The average molecular weight is 313 g/mol. The average Bonchev–Trinajstić information content (AvgIpc) is 2.52. The third-order valence-electron chi connectivity index (χ3n) is 4.24. The van der Waals surface area contributed by atoms with E-state index < -0.39 is 0 Å². The highest BCUT2D eigenvalue weighted by atomic mass is 16.5. The standard InChI is InChI=1S/C11H21N3O.C5H10O2/c12-10(8-9-2-1-3-9)11(15)14-6-4-13-5-7-14;1-2-3-4-7-5-6/h9-10,13H,1-8,12H2;5H,2-4H2,1H3/t10-;/m0./s1. The second-order valence-electron chi connectivity index (χ2n) is 6.03. The first-order valence-corrected chi connectivity index (χ1v) is 8.49. The molecular formula is C16H31N3O3. The van der Waals surface area contributed by atoms with Gasteiger partial charge in [-0.3, -0.25) is 9.59 Å². The van der Waals surface area contributed by atoms with Crippen LogP contribution >= 0.6 is 0 Å². The summed E-state index contributed by atoms with van der Waals surface area (Å²) in [5, 5.41) is 3.24. The third-order valence-corrected chi connectivity index (χ3v) is 4.24. The SMILES string of the molecule is CCCCOC=O.N[C@@H](CC1CCC1)C(=O)N1CCNCC1. The smallest absolute Gasteiger partial charge is 0.293 e. The van der Waals surface area contributed by atoms with Gasteiger partial charge in [0.15, 0.2) is 0 Å². The minimum atomic E-state index is -0.256. The second kappa shape index (κ2) is 11.4. The van der Waals surface area contributed by atoms with Gasteiger partial charge in [0.1, 0.15) is 0 Å². The largest absolute Gasteiger partial charge is 0.468 e. The summed E-state index contributed by atoms with van der Waals surface area (Å²) in [4.78, 5) is 23.3. The molecule has 1 saturated carbocycles. The van der Waals surface area contributed by atoms with Crippen molar-refractivity contribution in [1.29, 1.82) is 0 Å². The van der Waals surface area contributed by atoms with Gasteiger partial charge in [0.05, 0.1) is 12.6 Å². The van der Waals surface area contributed by atoms with E-state index in [4.69, 9.17) is 5.73 Å². The number of hydrogen-bond acceptors (Lipinski definition) is 5. The summed E-state index contributed by atoms with van der Waals surface area (Å²) in [6, 6.07) is -0.256. The molecule has 2 fully saturated rings. The molecule has 1 saturated heterocycles. The van der Waals surface area contributed by atoms with Gasteiger partial charge < -0.3 is 20.7 Å². The summed E-state index contributed by atoms with van der Waals surface area (Å²) in [5.74, 6) is 0.871. The van der Waals surface area contributed by atoms with E-state index in [0.717, 1.165) is 45.4 Å². The van der Waals surface area contributed by atoms with Crippen molar-refractivity contribution in [3.05, 3.63) is 0 Å². The molecule has 3 N–H and O–H groups in total. The van der Waals surface area contributed by atoms with Gasteiger partial charge >= 0.3 is 0 Å². The Bertz CT molecular complexity index is 316. The Labute approximate surface area is 133 Å². The van der Waals surface area contributed by atoms with Gasteiger partial charge in [0.2, 0.25) is 5.91 Å². The van der Waals surface area contributed by atoms with Crippen LogP contribution in [0, 0.1) is 5.92 Å². The van der Waals surface area contributed by atoms with Crippen molar-refractivity contribution in [2.45, 2.75) is 51.5 Å². The molecule has 1 heterocycles. The third kappa shape index (κ3) is 7.22. The first kappa shape index (κ1) is 18.9. The zero-order valence-corrected chi connectivity index (χ0v) is 13.8. The minimum absolute atomic E-state index is 0.156. The molecule has 6 heteroatoms. The fraction of sp³-hybridized carbons (Fsp3) is 0.875. The fourth-order valence-electron chi connectivity index (χ4n) is 2.58. The summed E-state index contributed by atoms with van der Waals surface area (Å²) in [5.41, 5.74) is 5.95. The molecule has 0 aromatic heterocycles. The van der Waals surface area contributed by atoms with E-state index in [1.165, 1.54) is 19.3 Å². The lowest BCUT2D eigenvalue weighted by atomic mass is 9.81. The van der Waals surface area contributed by atoms with E-state index in [2.05, 4.69) is 10.1 Å². The molecule has 1 amide bonds. The van der Waals surface area contributed by atoms with Crippen LogP contribution in [-0.4, -0.2) is 56.1 Å². The van der Waals surface area contributed by atoms with Crippen LogP contribution < -0.4 is 11.1 Å². The number of unbranched alkanes of at least 4 members (excludes halogenated alkanes) is 1. The number of nitrogens with zero attached hydrogens (tertiary/aromatic N) is 1. The number of piperazine rings is 1. The lowest BCUT2D eigenvalue weighted by molar-refractivity contribution is -0.133. The van der Waals surface area contributed by atoms with Crippen LogP contribution in [-0.2, 0) is 14.3 Å². The topological polar surface area (TPSA) is 84.7 Å². The molecule has 0 aromatic rings. The summed E-state index contributed by atoms with van der Waals surface area (Å²) in [7, 11) is 0. The van der Waals surface area contributed by atoms with E-state index in [1.807, 2.05) is 11.8 Å². The maximum Gasteiger partial charge on any atom is 0.293 e. The zero-order valence-electron chi connectivity index (χ0n) is 13.8. The molecule has 0 radical (unpaired) electrons. The summed E-state index contributed by atoms with van der Waals surface area (Å²) >= 11 is 0. The fourth-order valence-corrected chi connectivity index (χ4v) is 2.58. The quantitative estimate of drug-likeness (QED) is 0.539. The van der Waals surface area contributed by atoms with E-state index in [1.54, 1.807) is 0 Å². The highest BCUT2D eigenvalue weighted by molar-refractivity contribution is 5.81. The first-order valence-electron chi connectivity index (χ1n) is 8.49. The van der Waals surface area contributed by atoms with Gasteiger partial charge in [-0.25, -0.2) is 0 Å². The van der Waals surface area contributed by atoms with Gasteiger partial charge in [-0.2, -0.15) is 0 Å². The van der Waals surface area contributed by atoms with Crippen molar-refractivity contribution in [2.75, 3.05) is 32.8 Å². The number of carbonyl (C=O) groups is 2. The Morgan fingerprint density at radius 1 is 1.41 bits per heavy atom. The molecule has 0 spiro atoms. The number of rotatable bonds is 7. The van der Waals surface area contributed by atoms with Crippen LogP contribution in [0.15, 0.2) is 0 Å². The molecule has 0 bridgehead atoms. The highest BCUT2D eigenvalue weighted by Crippen LogP contribution is 2.30. The van der Waals surface area contributed by atoms with E-state index in [9.17, 15) is 9.59 Å². The van der Waals surface area contributed by atoms with Crippen LogP contribution in [0.4, 0.5) is 0 Å². The number of amides is 1. The lowest BCUT2D eigenvalue weighted by Crippen LogP contribution is -2.52. The van der Waals surface area contributed by atoms with Gasteiger partial charge in [0, 0.05) is 26.2 Å². The Morgan fingerprint density at radius 2 is 2.09 bits per heavy atom. The van der Waals surface area contributed by atoms with Crippen molar-refractivity contribution in [3.8, 4) is 0 Å². The van der Waals surface area contributed by atoms with Crippen LogP contribution in [0.5, 0.6) is 0 Å². The van der Waals surface area contributed by atoms with Crippen LogP contribution in [0.1, 0.15) is 45.4 Å². The molecule has 1 aliphatic heterocycles. The van der Waals surface area contributed by atoms with E-state index in [0.29, 0.717) is 19.0 Å². The molecule has 22 heavy (non-hydrogen) atoms. The Balaban J connectivity index is 0.000000295. The van der Waals surface area contributed by atoms with E-state index in [-0.39, 0.29) is 11.9 Å². The maximum atomic E-state index is 11.9. The van der Waals surface area contributed by atoms with Crippen LogP contribution in [0.3, 0.4) is 0 Å². The molecule has 2 aliphatic rings. The molecule has 2 rings (SSSR count). The molecular weight excluding hydrogens is 282 g/mol. The normalized spacial score (nSPS) is 19.5. The van der Waals surface area contributed by atoms with Gasteiger partial charge in [0.25, 0.3) is 6.47 Å². The second-order valence-corrected chi connectivity index (χ2v) is 6.03. The predicted octanol–water partition coefficient (Wildman–Crippen LogP) is 0.895. The monoisotopic (exact) mass is 313 g/mol. The van der Waals surface area contributed by atoms with Gasteiger partial charge in [-0.05, 0) is 18.8 Å². The number of nitrogens with one attached hydrogen (secondary N) is 1. The molecule has 0 unspecified atom stereocenters. The summed E-state index contributed by atoms with van der Waals surface area (Å²) < 4.78 is 4.39. The molecule has 128 valence electrons. The molecule has 0 aromatic carbocycles. The number of nitrogens with two attached hydrogens (primary N) is 1. The number of ether oxygens (including phenoxy) is 1. The van der Waals surface area contributed by atoms with Gasteiger partial charge in [-0.15, -0.1) is 0 Å². The van der Waals surface area contributed by atoms with Crippen LogP contribution in [0.2, 0.25) is 0 Å². The Kier molecular flexibility index (Phi) is 9.82. The maximum absolute atomic E-state index is 11.9. The highest BCUT2D eigenvalue weighted by Gasteiger charge is 2.27. The van der Waals surface area contributed by atoms with Gasteiger partial charge in [-0.1, -0.05) is 32.6 Å². The predicted molar refractivity (Wildman–Crippen MR) is 86.3 cm³/mol. The molecule has 1 aliphatic carbocycles. The minimum Gasteiger partial charge on any atom is -0.468 e. The summed E-state index contributed by atoms with van der Waals surface area (Å²) in [6.07, 6.45) is 6.79. The van der Waals surface area contributed by atoms with Crippen molar-refractivity contribution in [2.24, 2.45) is 11.7 Å². The van der Waals surface area contributed by atoms with Crippen molar-refractivity contribution >= 4 is 12.4 Å². The Hall–Kier alpha value is -1.14. The summed E-state index contributed by atoms with van der Waals surface area (Å²) in [6.45, 7) is 6.54. The Morgan fingerprint density at radius 3 is 2.59 bits per heavy atom. The van der Waals surface area contributed by atoms with Crippen molar-refractivity contribution in [3.63, 3.8) is 0 Å². The number of hydrogen-bond donors (Lipinski definition) is 2. The molecule has 1 atom stereocenters. The van der Waals surface area contributed by atoms with Crippen LogP contribution in [0.25, 0.3) is 0 Å². The van der Waals surface area contributed by atoms with Crippen molar-refractivity contribution in [1.82, 2.24) is 10.2 Å². The number of carbonyl (C=O) groups excluding carboxylic acids is 2. The first-order chi connectivity index (χ1) is 10.7. The zero-order chi connectivity index (χ0) is 16.2. The lowest BCUT2D eigenvalue weighted by Gasteiger charge is -2.32. The molecule has 6 nitrogen and oxygen atoms in total. The van der Waals surface area contributed by atoms with E-state index >= 15 is 0 Å². The van der Waals surface area contributed by atoms with Crippen molar-refractivity contribution < 1.29 is 14.3 Å².